The minimum Gasteiger partial charge on any atom is -0.379 e. The van der Waals surface area contributed by atoms with Gasteiger partial charge in [0.05, 0.1) is 3.79 Å². The van der Waals surface area contributed by atoms with Crippen LogP contribution in [0.1, 0.15) is 10.4 Å². The summed E-state index contributed by atoms with van der Waals surface area (Å²) in [6.07, 6.45) is 0. The number of hydrogen-bond acceptors (Lipinski definition) is 2. The summed E-state index contributed by atoms with van der Waals surface area (Å²) in [6.45, 7) is 2.92. The lowest BCUT2D eigenvalue weighted by molar-refractivity contribution is 1.18. The van der Waals surface area contributed by atoms with Crippen LogP contribution in [0.2, 0.25) is 0 Å². The normalized spacial score (nSPS) is 10.6. The summed E-state index contributed by atoms with van der Waals surface area (Å²) < 4.78 is 3.38. The van der Waals surface area contributed by atoms with Crippen LogP contribution in [-0.2, 0) is 6.54 Å². The summed E-state index contributed by atoms with van der Waals surface area (Å²) in [5, 5.41) is 3.43. The van der Waals surface area contributed by atoms with Gasteiger partial charge in [0.1, 0.15) is 0 Å². The number of halogens is 3. The van der Waals surface area contributed by atoms with Gasteiger partial charge in [0.25, 0.3) is 0 Å². The van der Waals surface area contributed by atoms with Gasteiger partial charge in [-0.15, -0.1) is 11.3 Å². The first-order valence-corrected chi connectivity index (χ1v) is 8.20. The molecule has 0 fully saturated rings. The van der Waals surface area contributed by atoms with E-state index in [0.29, 0.717) is 0 Å². The van der Waals surface area contributed by atoms with E-state index < -0.39 is 0 Å². The van der Waals surface area contributed by atoms with Crippen molar-refractivity contribution < 1.29 is 0 Å². The summed E-state index contributed by atoms with van der Waals surface area (Å²) in [7, 11) is 0. The van der Waals surface area contributed by atoms with Gasteiger partial charge < -0.3 is 5.32 Å². The summed E-state index contributed by atoms with van der Waals surface area (Å²) in [5.74, 6) is 0. The highest BCUT2D eigenvalue weighted by Gasteiger charge is 2.05. The third kappa shape index (κ3) is 3.34. The molecule has 0 spiro atoms. The molecule has 17 heavy (non-hydrogen) atoms. The van der Waals surface area contributed by atoms with Crippen molar-refractivity contribution in [3.63, 3.8) is 0 Å². The molecule has 0 aliphatic heterocycles. The molecular formula is C12H10Br3NS. The number of thiophene rings is 1. The Labute approximate surface area is 130 Å². The minimum absolute atomic E-state index is 0.830. The molecule has 2 aromatic rings. The smallest absolute Gasteiger partial charge is 0.0843 e. The Morgan fingerprint density at radius 3 is 2.65 bits per heavy atom. The van der Waals surface area contributed by atoms with E-state index in [1.807, 2.05) is 0 Å². The van der Waals surface area contributed by atoms with E-state index in [-0.39, 0.29) is 0 Å². The molecule has 1 aromatic heterocycles. The second-order valence-corrected chi connectivity index (χ2v) is 7.73. The zero-order valence-electron chi connectivity index (χ0n) is 9.06. The van der Waals surface area contributed by atoms with E-state index in [2.05, 4.69) is 84.3 Å². The summed E-state index contributed by atoms with van der Waals surface area (Å²) in [5.41, 5.74) is 2.37. The van der Waals surface area contributed by atoms with E-state index >= 15 is 0 Å². The van der Waals surface area contributed by atoms with Crippen molar-refractivity contribution in [3.05, 3.63) is 47.4 Å². The van der Waals surface area contributed by atoms with Crippen molar-refractivity contribution in [1.82, 2.24) is 0 Å². The monoisotopic (exact) mass is 437 g/mol. The number of aryl methyl sites for hydroxylation is 1. The van der Waals surface area contributed by atoms with Crippen LogP contribution < -0.4 is 5.32 Å². The molecule has 0 radical (unpaired) electrons. The maximum Gasteiger partial charge on any atom is 0.0843 e. The van der Waals surface area contributed by atoms with Crippen molar-refractivity contribution in [1.29, 1.82) is 0 Å². The lowest BCUT2D eigenvalue weighted by Crippen LogP contribution is -1.98. The maximum atomic E-state index is 3.60. The van der Waals surface area contributed by atoms with Crippen LogP contribution in [0.4, 0.5) is 5.69 Å². The second-order valence-electron chi connectivity index (χ2n) is 3.62. The fourth-order valence-corrected chi connectivity index (χ4v) is 3.97. The Hall–Kier alpha value is 0.160. The van der Waals surface area contributed by atoms with E-state index in [1.54, 1.807) is 11.3 Å². The SMILES string of the molecule is Cc1cccc(NCc2cc(Br)c(Br)s2)c1Br. The Morgan fingerprint density at radius 2 is 2.00 bits per heavy atom. The fraction of sp³-hybridized carbons (Fsp3) is 0.167. The lowest BCUT2D eigenvalue weighted by Gasteiger charge is -2.08. The predicted octanol–water partition coefficient (Wildman–Crippen LogP) is 5.96. The Balaban J connectivity index is 2.10. The topological polar surface area (TPSA) is 12.0 Å². The van der Waals surface area contributed by atoms with Crippen molar-refractivity contribution in [3.8, 4) is 0 Å². The molecular weight excluding hydrogens is 430 g/mol. The minimum atomic E-state index is 0.830. The molecule has 90 valence electrons. The van der Waals surface area contributed by atoms with Crippen molar-refractivity contribution in [2.75, 3.05) is 5.32 Å². The van der Waals surface area contributed by atoms with Crippen LogP contribution in [0.25, 0.3) is 0 Å². The number of rotatable bonds is 3. The largest absolute Gasteiger partial charge is 0.379 e. The number of anilines is 1. The first kappa shape index (κ1) is 13.6. The fourth-order valence-electron chi connectivity index (χ4n) is 1.44. The zero-order chi connectivity index (χ0) is 12.4. The first-order chi connectivity index (χ1) is 8.08. The number of benzene rings is 1. The van der Waals surface area contributed by atoms with Gasteiger partial charge in [-0.2, -0.15) is 0 Å². The summed E-state index contributed by atoms with van der Waals surface area (Å²) >= 11 is 12.3. The highest BCUT2D eigenvalue weighted by molar-refractivity contribution is 9.13. The van der Waals surface area contributed by atoms with E-state index in [9.17, 15) is 0 Å². The molecule has 1 heterocycles. The Kier molecular flexibility index (Phi) is 4.69. The molecule has 0 bridgehead atoms. The van der Waals surface area contributed by atoms with E-state index in [1.165, 1.54) is 10.4 Å². The number of hydrogen-bond donors (Lipinski definition) is 1. The molecule has 0 unspecified atom stereocenters. The van der Waals surface area contributed by atoms with Gasteiger partial charge >= 0.3 is 0 Å². The Bertz CT molecular complexity index is 517. The van der Waals surface area contributed by atoms with E-state index in [0.717, 1.165) is 25.0 Å². The van der Waals surface area contributed by atoms with Gasteiger partial charge in [-0.1, -0.05) is 12.1 Å². The lowest BCUT2D eigenvalue weighted by atomic mass is 10.2. The highest BCUT2D eigenvalue weighted by atomic mass is 79.9. The van der Waals surface area contributed by atoms with Crippen LogP contribution in [0.5, 0.6) is 0 Å². The van der Waals surface area contributed by atoms with Gasteiger partial charge in [-0.05, 0) is 72.4 Å². The second kappa shape index (κ2) is 5.87. The Morgan fingerprint density at radius 1 is 1.24 bits per heavy atom. The summed E-state index contributed by atoms with van der Waals surface area (Å²) in [6, 6.07) is 8.36. The quantitative estimate of drug-likeness (QED) is 0.622. The molecule has 2 rings (SSSR count). The summed E-state index contributed by atoms with van der Waals surface area (Å²) in [4.78, 5) is 1.29. The third-order valence-corrected chi connectivity index (χ3v) is 6.65. The third-order valence-electron chi connectivity index (χ3n) is 2.34. The van der Waals surface area contributed by atoms with E-state index in [4.69, 9.17) is 0 Å². The average molecular weight is 440 g/mol. The molecule has 0 atom stereocenters. The maximum absolute atomic E-state index is 3.60. The molecule has 0 aliphatic rings. The van der Waals surface area contributed by atoms with Crippen LogP contribution in [0.15, 0.2) is 37.0 Å². The van der Waals surface area contributed by atoms with Crippen molar-refractivity contribution >= 4 is 64.8 Å². The molecule has 1 N–H and O–H groups in total. The highest BCUT2D eigenvalue weighted by Crippen LogP contribution is 2.33. The molecule has 0 amide bonds. The van der Waals surface area contributed by atoms with Gasteiger partial charge in [0, 0.05) is 26.1 Å². The molecule has 5 heteroatoms. The van der Waals surface area contributed by atoms with Gasteiger partial charge in [-0.25, -0.2) is 0 Å². The molecule has 0 saturated carbocycles. The van der Waals surface area contributed by atoms with Gasteiger partial charge in [-0.3, -0.25) is 0 Å². The number of nitrogens with one attached hydrogen (secondary N) is 1. The first-order valence-electron chi connectivity index (χ1n) is 5.00. The van der Waals surface area contributed by atoms with Gasteiger partial charge in [0.2, 0.25) is 0 Å². The molecule has 0 saturated heterocycles. The molecule has 0 aliphatic carbocycles. The standard InChI is InChI=1S/C12H10Br3NS/c1-7-3-2-4-10(11(7)14)16-6-8-5-9(13)12(15)17-8/h2-5,16H,6H2,1H3. The molecule has 1 nitrogen and oxygen atoms in total. The van der Waals surface area contributed by atoms with Crippen LogP contribution in [-0.4, -0.2) is 0 Å². The van der Waals surface area contributed by atoms with Gasteiger partial charge in [0.15, 0.2) is 0 Å². The zero-order valence-corrected chi connectivity index (χ0v) is 14.6. The van der Waals surface area contributed by atoms with Crippen molar-refractivity contribution in [2.24, 2.45) is 0 Å². The molecule has 1 aromatic carbocycles. The average Bonchev–Trinajstić information content (AvgIpc) is 2.61. The van der Waals surface area contributed by atoms with Crippen LogP contribution in [0, 0.1) is 6.92 Å². The van der Waals surface area contributed by atoms with Crippen molar-refractivity contribution in [2.45, 2.75) is 13.5 Å². The van der Waals surface area contributed by atoms with Crippen LogP contribution >= 0.6 is 59.1 Å². The van der Waals surface area contributed by atoms with Crippen LogP contribution in [0.3, 0.4) is 0 Å². The predicted molar refractivity (Wildman–Crippen MR) is 85.9 cm³/mol.